The Bertz CT molecular complexity index is 813. The zero-order chi connectivity index (χ0) is 20.0. The summed E-state index contributed by atoms with van der Waals surface area (Å²) in [6.45, 7) is 1.28. The Morgan fingerprint density at radius 2 is 1.30 bits per heavy atom. The lowest BCUT2D eigenvalue weighted by atomic mass is 10.2. The molecule has 0 aliphatic heterocycles. The maximum atomic E-state index is 12.8. The zero-order valence-corrected chi connectivity index (χ0v) is 16.3. The van der Waals surface area contributed by atoms with Crippen LogP contribution in [0.3, 0.4) is 0 Å². The van der Waals surface area contributed by atoms with Crippen molar-refractivity contribution in [3.8, 4) is 11.5 Å². The van der Waals surface area contributed by atoms with E-state index in [-0.39, 0.29) is 13.1 Å². The second-order valence-corrected chi connectivity index (χ2v) is 8.24. The van der Waals surface area contributed by atoms with Gasteiger partial charge in [0.2, 0.25) is 10.0 Å². The van der Waals surface area contributed by atoms with Crippen molar-refractivity contribution in [3.05, 3.63) is 59.7 Å². The summed E-state index contributed by atoms with van der Waals surface area (Å²) in [6, 6.07) is 13.9. The molecule has 0 aliphatic rings. The van der Waals surface area contributed by atoms with Crippen LogP contribution in [-0.4, -0.2) is 43.3 Å². The minimum absolute atomic E-state index is 0.0516. The number of rotatable bonds is 9. The van der Waals surface area contributed by atoms with Gasteiger partial charge in [0.15, 0.2) is 5.25 Å². The Hall–Kier alpha value is -2.58. The lowest BCUT2D eigenvalue weighted by Crippen LogP contribution is -2.40. The molecule has 0 heterocycles. The van der Waals surface area contributed by atoms with E-state index < -0.39 is 21.2 Å². The first-order valence-electron chi connectivity index (χ1n) is 8.25. The third-order valence-electron chi connectivity index (χ3n) is 4.19. The first kappa shape index (κ1) is 20.7. The van der Waals surface area contributed by atoms with Crippen LogP contribution in [0, 0.1) is 0 Å². The van der Waals surface area contributed by atoms with Crippen LogP contribution in [0.4, 0.5) is 0 Å². The van der Waals surface area contributed by atoms with Crippen LogP contribution < -0.4 is 9.47 Å². The number of carboxylic acid groups (broad SMARTS) is 1. The summed E-state index contributed by atoms with van der Waals surface area (Å²) in [7, 11) is -0.966. The fourth-order valence-electron chi connectivity index (χ4n) is 2.46. The molecule has 0 amide bonds. The van der Waals surface area contributed by atoms with Crippen LogP contribution in [0.15, 0.2) is 48.5 Å². The van der Waals surface area contributed by atoms with Gasteiger partial charge in [-0.1, -0.05) is 24.3 Å². The molecule has 2 aromatic carbocycles. The topological polar surface area (TPSA) is 93.1 Å². The Labute approximate surface area is 159 Å². The summed E-state index contributed by atoms with van der Waals surface area (Å²) in [6.07, 6.45) is 0. The number of methoxy groups -OCH3 is 2. The molecule has 0 radical (unpaired) electrons. The van der Waals surface area contributed by atoms with Gasteiger partial charge in [0.1, 0.15) is 11.5 Å². The first-order valence-corrected chi connectivity index (χ1v) is 9.76. The van der Waals surface area contributed by atoms with Gasteiger partial charge in [-0.2, -0.15) is 4.31 Å². The number of carboxylic acids is 1. The van der Waals surface area contributed by atoms with E-state index in [1.165, 1.54) is 11.2 Å². The molecule has 0 saturated carbocycles. The van der Waals surface area contributed by atoms with Crippen LogP contribution in [-0.2, 0) is 27.9 Å². The molecule has 7 nitrogen and oxygen atoms in total. The maximum absolute atomic E-state index is 12.8. The van der Waals surface area contributed by atoms with Gasteiger partial charge < -0.3 is 14.6 Å². The van der Waals surface area contributed by atoms with Gasteiger partial charge in [-0.25, -0.2) is 8.42 Å². The molecule has 0 saturated heterocycles. The van der Waals surface area contributed by atoms with Gasteiger partial charge in [-0.3, -0.25) is 4.79 Å². The fourth-order valence-corrected chi connectivity index (χ4v) is 3.82. The summed E-state index contributed by atoms with van der Waals surface area (Å²) in [5.41, 5.74) is 1.45. The highest BCUT2D eigenvalue weighted by molar-refractivity contribution is 7.90. The van der Waals surface area contributed by atoms with E-state index in [4.69, 9.17) is 9.47 Å². The number of hydrogen-bond acceptors (Lipinski definition) is 5. The van der Waals surface area contributed by atoms with Crippen molar-refractivity contribution in [1.82, 2.24) is 4.31 Å². The third-order valence-corrected chi connectivity index (χ3v) is 6.26. The highest BCUT2D eigenvalue weighted by atomic mass is 32.2. The Morgan fingerprint density at radius 3 is 1.59 bits per heavy atom. The van der Waals surface area contributed by atoms with Gasteiger partial charge in [0, 0.05) is 13.1 Å². The predicted molar refractivity (Wildman–Crippen MR) is 101 cm³/mol. The van der Waals surface area contributed by atoms with E-state index in [1.807, 2.05) is 0 Å². The number of sulfonamides is 1. The van der Waals surface area contributed by atoms with Crippen LogP contribution in [0.2, 0.25) is 0 Å². The van der Waals surface area contributed by atoms with Crippen molar-refractivity contribution < 1.29 is 27.8 Å². The number of hydrogen-bond donors (Lipinski definition) is 1. The number of carbonyl (C=O) groups is 1. The molecule has 1 N–H and O–H groups in total. The maximum Gasteiger partial charge on any atom is 0.323 e. The van der Waals surface area contributed by atoms with E-state index >= 15 is 0 Å². The van der Waals surface area contributed by atoms with Gasteiger partial charge in [-0.15, -0.1) is 0 Å². The first-order chi connectivity index (χ1) is 12.8. The molecule has 0 spiro atoms. The smallest absolute Gasteiger partial charge is 0.323 e. The molecular weight excluding hydrogens is 370 g/mol. The highest BCUT2D eigenvalue weighted by Gasteiger charge is 2.34. The van der Waals surface area contributed by atoms with Crippen molar-refractivity contribution >= 4 is 16.0 Å². The lowest BCUT2D eigenvalue weighted by Gasteiger charge is -2.24. The summed E-state index contributed by atoms with van der Waals surface area (Å²) >= 11 is 0. The number of nitrogens with zero attached hydrogens (tertiary/aromatic N) is 1. The fraction of sp³-hybridized carbons (Fsp3) is 0.316. The quantitative estimate of drug-likeness (QED) is 0.704. The molecule has 8 heteroatoms. The van der Waals surface area contributed by atoms with Crippen molar-refractivity contribution in [1.29, 1.82) is 0 Å². The van der Waals surface area contributed by atoms with Crippen LogP contribution in [0.25, 0.3) is 0 Å². The minimum atomic E-state index is -4.06. The zero-order valence-electron chi connectivity index (χ0n) is 15.5. The molecule has 146 valence electrons. The summed E-state index contributed by atoms with van der Waals surface area (Å²) in [5, 5.41) is 7.65. The second kappa shape index (κ2) is 8.88. The second-order valence-electron chi connectivity index (χ2n) is 5.99. The number of benzene rings is 2. The van der Waals surface area contributed by atoms with Gasteiger partial charge in [0.05, 0.1) is 14.2 Å². The minimum Gasteiger partial charge on any atom is -0.497 e. The largest absolute Gasteiger partial charge is 0.497 e. The van der Waals surface area contributed by atoms with E-state index in [1.54, 1.807) is 62.8 Å². The monoisotopic (exact) mass is 393 g/mol. The van der Waals surface area contributed by atoms with Crippen molar-refractivity contribution in [2.45, 2.75) is 25.3 Å². The molecule has 0 bridgehead atoms. The third kappa shape index (κ3) is 5.21. The predicted octanol–water partition coefficient (Wildman–Crippen LogP) is 2.51. The molecule has 2 aromatic rings. The van der Waals surface area contributed by atoms with Crippen LogP contribution >= 0.6 is 0 Å². The van der Waals surface area contributed by atoms with E-state index in [9.17, 15) is 18.3 Å². The van der Waals surface area contributed by atoms with Gasteiger partial charge in [0.25, 0.3) is 0 Å². The van der Waals surface area contributed by atoms with Crippen molar-refractivity contribution in [2.24, 2.45) is 0 Å². The Balaban J connectivity index is 2.32. The van der Waals surface area contributed by atoms with E-state index in [0.717, 1.165) is 11.1 Å². The van der Waals surface area contributed by atoms with E-state index in [2.05, 4.69) is 0 Å². The standard InChI is InChI=1S/C19H23NO6S/c1-14(19(21)22)27(23,24)20(12-15-4-8-17(25-2)9-5-15)13-16-6-10-18(26-3)11-7-16/h4-11,14H,12-13H2,1-3H3,(H,21,22)/t14-/m1/s1. The summed E-state index contributed by atoms with van der Waals surface area (Å²) < 4.78 is 37.0. The normalized spacial score (nSPS) is 12.6. The summed E-state index contributed by atoms with van der Waals surface area (Å²) in [5.74, 6) is -0.0751. The molecular formula is C19H23NO6S. The summed E-state index contributed by atoms with van der Waals surface area (Å²) in [4.78, 5) is 11.3. The molecule has 0 aliphatic carbocycles. The number of aliphatic carboxylic acids is 1. The molecule has 0 unspecified atom stereocenters. The lowest BCUT2D eigenvalue weighted by molar-refractivity contribution is -0.136. The van der Waals surface area contributed by atoms with Crippen molar-refractivity contribution in [2.75, 3.05) is 14.2 Å². The Kier molecular flexibility index (Phi) is 6.81. The van der Waals surface area contributed by atoms with E-state index in [0.29, 0.717) is 11.5 Å². The molecule has 2 rings (SSSR count). The van der Waals surface area contributed by atoms with Crippen LogP contribution in [0.1, 0.15) is 18.1 Å². The Morgan fingerprint density at radius 1 is 0.926 bits per heavy atom. The molecule has 27 heavy (non-hydrogen) atoms. The molecule has 0 aromatic heterocycles. The van der Waals surface area contributed by atoms with Crippen LogP contribution in [0.5, 0.6) is 11.5 Å². The van der Waals surface area contributed by atoms with Gasteiger partial charge in [-0.05, 0) is 42.3 Å². The number of ether oxygens (including phenoxy) is 2. The molecule has 1 atom stereocenters. The van der Waals surface area contributed by atoms with Gasteiger partial charge >= 0.3 is 5.97 Å². The average molecular weight is 393 g/mol. The highest BCUT2D eigenvalue weighted by Crippen LogP contribution is 2.21. The molecule has 0 fully saturated rings. The average Bonchev–Trinajstić information content (AvgIpc) is 2.67. The van der Waals surface area contributed by atoms with Crippen molar-refractivity contribution in [3.63, 3.8) is 0 Å². The SMILES string of the molecule is COc1ccc(CN(Cc2ccc(OC)cc2)S(=O)(=O)[C@H](C)C(=O)O)cc1.